The Balaban J connectivity index is 1.22. The maximum absolute atomic E-state index is 12.9. The highest BCUT2D eigenvalue weighted by molar-refractivity contribution is 5.67. The Kier molecular flexibility index (Phi) is 5.29. The van der Waals surface area contributed by atoms with Gasteiger partial charge in [0.2, 0.25) is 5.89 Å². The minimum atomic E-state index is -4.38. The van der Waals surface area contributed by atoms with E-state index in [1.807, 2.05) is 4.90 Å². The maximum Gasteiger partial charge on any atom is 0.416 e. The monoisotopic (exact) mass is 425 g/mol. The molecule has 8 nitrogen and oxygen atoms in total. The van der Waals surface area contributed by atoms with E-state index in [1.54, 1.807) is 6.92 Å². The van der Waals surface area contributed by atoms with Crippen molar-refractivity contribution < 1.29 is 27.2 Å². The standard InChI is InChI=1S/C19H22F3N5O3/c1-12-25-15(26-30-12)11-24-17(28)29-14-9-18(10-14)3-6-27(7-4-18)16-8-13(2-5-23-16)19(20,21)22/h2,5,8,14H,3-4,6-7,9-11H2,1H3,(H,24,28). The summed E-state index contributed by atoms with van der Waals surface area (Å²) >= 11 is 0. The zero-order chi connectivity index (χ0) is 21.4. The molecular weight excluding hydrogens is 403 g/mol. The van der Waals surface area contributed by atoms with E-state index in [2.05, 4.69) is 20.4 Å². The molecule has 2 aliphatic rings. The van der Waals surface area contributed by atoms with Gasteiger partial charge in [-0.2, -0.15) is 18.2 Å². The Hall–Kier alpha value is -2.85. The summed E-state index contributed by atoms with van der Waals surface area (Å²) in [6.07, 6.45) is -0.695. The van der Waals surface area contributed by atoms with E-state index in [1.165, 1.54) is 6.20 Å². The number of nitrogens with one attached hydrogen (secondary N) is 1. The van der Waals surface area contributed by atoms with Gasteiger partial charge < -0.3 is 19.5 Å². The molecular formula is C19H22F3N5O3. The number of piperidine rings is 1. The van der Waals surface area contributed by atoms with Gasteiger partial charge in [0, 0.05) is 26.2 Å². The highest BCUT2D eigenvalue weighted by atomic mass is 19.4. The molecule has 0 radical (unpaired) electrons. The van der Waals surface area contributed by atoms with Gasteiger partial charge in [0.1, 0.15) is 11.9 Å². The number of pyridine rings is 1. The number of rotatable bonds is 4. The number of hydrogen-bond donors (Lipinski definition) is 1. The molecule has 4 rings (SSSR count). The van der Waals surface area contributed by atoms with Crippen molar-refractivity contribution in [2.75, 3.05) is 18.0 Å². The van der Waals surface area contributed by atoms with Gasteiger partial charge >= 0.3 is 12.3 Å². The third-order valence-electron chi connectivity index (χ3n) is 5.78. The van der Waals surface area contributed by atoms with Gasteiger partial charge in [0.05, 0.1) is 12.1 Å². The van der Waals surface area contributed by atoms with Crippen molar-refractivity contribution in [2.24, 2.45) is 5.41 Å². The average molecular weight is 425 g/mol. The predicted molar refractivity (Wildman–Crippen MR) is 98.5 cm³/mol. The maximum atomic E-state index is 12.9. The summed E-state index contributed by atoms with van der Waals surface area (Å²) in [5, 5.41) is 6.29. The van der Waals surface area contributed by atoms with E-state index >= 15 is 0 Å². The average Bonchev–Trinajstić information content (AvgIpc) is 3.10. The summed E-state index contributed by atoms with van der Waals surface area (Å²) in [7, 11) is 0. The number of amides is 1. The highest BCUT2D eigenvalue weighted by Gasteiger charge is 2.47. The summed E-state index contributed by atoms with van der Waals surface area (Å²) in [5.41, 5.74) is -0.611. The number of nitrogens with zero attached hydrogens (tertiary/aromatic N) is 4. The number of ether oxygens (including phenoxy) is 1. The number of anilines is 1. The lowest BCUT2D eigenvalue weighted by atomic mass is 9.61. The first-order chi connectivity index (χ1) is 14.2. The third-order valence-corrected chi connectivity index (χ3v) is 5.78. The van der Waals surface area contributed by atoms with E-state index < -0.39 is 17.8 Å². The fourth-order valence-corrected chi connectivity index (χ4v) is 4.13. The fourth-order valence-electron chi connectivity index (χ4n) is 4.13. The van der Waals surface area contributed by atoms with Crippen LogP contribution in [0.5, 0.6) is 0 Å². The SMILES string of the molecule is Cc1nc(CNC(=O)OC2CC3(CCN(c4cc(C(F)(F)F)ccn4)CC3)C2)no1. The Morgan fingerprint density at radius 1 is 1.37 bits per heavy atom. The smallest absolute Gasteiger partial charge is 0.416 e. The van der Waals surface area contributed by atoms with Crippen molar-refractivity contribution >= 4 is 11.9 Å². The van der Waals surface area contributed by atoms with Crippen LogP contribution in [0.2, 0.25) is 0 Å². The molecule has 0 atom stereocenters. The van der Waals surface area contributed by atoms with Crippen molar-refractivity contribution in [1.82, 2.24) is 20.4 Å². The first-order valence-electron chi connectivity index (χ1n) is 9.74. The molecule has 1 saturated carbocycles. The van der Waals surface area contributed by atoms with Crippen LogP contribution in [0, 0.1) is 12.3 Å². The Bertz CT molecular complexity index is 901. The van der Waals surface area contributed by atoms with Crippen LogP contribution in [-0.2, 0) is 17.5 Å². The van der Waals surface area contributed by atoms with Crippen molar-refractivity contribution in [3.05, 3.63) is 35.6 Å². The highest BCUT2D eigenvalue weighted by Crippen LogP contribution is 2.50. The Labute approximate surface area is 170 Å². The topological polar surface area (TPSA) is 93.4 Å². The van der Waals surface area contributed by atoms with Gasteiger partial charge in [-0.05, 0) is 43.2 Å². The number of halogens is 3. The zero-order valence-corrected chi connectivity index (χ0v) is 16.4. The Morgan fingerprint density at radius 2 is 2.10 bits per heavy atom. The molecule has 0 unspecified atom stereocenters. The molecule has 1 aliphatic heterocycles. The molecule has 0 aromatic carbocycles. The minimum absolute atomic E-state index is 0.0772. The second-order valence-corrected chi connectivity index (χ2v) is 7.91. The number of hydrogen-bond acceptors (Lipinski definition) is 7. The van der Waals surface area contributed by atoms with E-state index in [0.717, 1.165) is 37.8 Å². The molecule has 3 heterocycles. The van der Waals surface area contributed by atoms with Crippen LogP contribution in [0.15, 0.2) is 22.9 Å². The number of aromatic nitrogens is 3. The normalized spacial score (nSPS) is 18.9. The molecule has 1 saturated heterocycles. The molecule has 2 aromatic heterocycles. The van der Waals surface area contributed by atoms with Crippen LogP contribution < -0.4 is 10.2 Å². The van der Waals surface area contributed by atoms with Crippen LogP contribution >= 0.6 is 0 Å². The van der Waals surface area contributed by atoms with Crippen LogP contribution in [0.3, 0.4) is 0 Å². The van der Waals surface area contributed by atoms with Crippen molar-refractivity contribution in [2.45, 2.75) is 51.4 Å². The third kappa shape index (κ3) is 4.49. The van der Waals surface area contributed by atoms with Crippen LogP contribution in [0.4, 0.5) is 23.8 Å². The van der Waals surface area contributed by atoms with Crippen LogP contribution in [0.25, 0.3) is 0 Å². The largest absolute Gasteiger partial charge is 0.446 e. The number of aryl methyl sites for hydroxylation is 1. The van der Waals surface area contributed by atoms with E-state index in [0.29, 0.717) is 30.6 Å². The molecule has 1 spiro atoms. The minimum Gasteiger partial charge on any atom is -0.446 e. The first-order valence-corrected chi connectivity index (χ1v) is 9.74. The molecule has 2 aromatic rings. The van der Waals surface area contributed by atoms with Crippen LogP contribution in [-0.4, -0.2) is 40.4 Å². The lowest BCUT2D eigenvalue weighted by Gasteiger charge is -2.51. The Morgan fingerprint density at radius 3 is 2.73 bits per heavy atom. The van der Waals surface area contributed by atoms with E-state index in [-0.39, 0.29) is 18.1 Å². The summed E-state index contributed by atoms with van der Waals surface area (Å²) < 4.78 is 49.0. The number of alkyl halides is 3. The number of alkyl carbamates (subject to hydrolysis) is 1. The van der Waals surface area contributed by atoms with E-state index in [9.17, 15) is 18.0 Å². The lowest BCUT2D eigenvalue weighted by Crippen LogP contribution is -2.51. The molecule has 2 fully saturated rings. The number of carbonyl (C=O) groups excluding carboxylic acids is 1. The second kappa shape index (κ2) is 7.77. The summed E-state index contributed by atoms with van der Waals surface area (Å²) in [4.78, 5) is 21.9. The molecule has 30 heavy (non-hydrogen) atoms. The molecule has 1 N–H and O–H groups in total. The summed E-state index contributed by atoms with van der Waals surface area (Å²) in [6.45, 7) is 3.05. The van der Waals surface area contributed by atoms with Crippen LogP contribution in [0.1, 0.15) is 43.0 Å². The molecule has 1 aliphatic carbocycles. The second-order valence-electron chi connectivity index (χ2n) is 7.91. The van der Waals surface area contributed by atoms with Crippen molar-refractivity contribution in [3.63, 3.8) is 0 Å². The van der Waals surface area contributed by atoms with Gasteiger partial charge in [-0.3, -0.25) is 0 Å². The first kappa shape index (κ1) is 20.4. The molecule has 1 amide bonds. The van der Waals surface area contributed by atoms with Gasteiger partial charge in [-0.1, -0.05) is 5.16 Å². The fraction of sp³-hybridized carbons (Fsp3) is 0.579. The molecule has 11 heteroatoms. The molecule has 0 bridgehead atoms. The van der Waals surface area contributed by atoms with E-state index in [4.69, 9.17) is 9.26 Å². The van der Waals surface area contributed by atoms with Gasteiger partial charge in [-0.25, -0.2) is 9.78 Å². The van der Waals surface area contributed by atoms with Crippen molar-refractivity contribution in [1.29, 1.82) is 0 Å². The van der Waals surface area contributed by atoms with Gasteiger partial charge in [-0.15, -0.1) is 0 Å². The zero-order valence-electron chi connectivity index (χ0n) is 16.4. The van der Waals surface area contributed by atoms with Gasteiger partial charge in [0.15, 0.2) is 5.82 Å². The summed E-state index contributed by atoms with van der Waals surface area (Å²) in [6, 6.07) is 2.08. The van der Waals surface area contributed by atoms with Gasteiger partial charge in [0.25, 0.3) is 0 Å². The summed E-state index contributed by atoms with van der Waals surface area (Å²) in [5.74, 6) is 1.15. The number of carbonyl (C=O) groups is 1. The quantitative estimate of drug-likeness (QED) is 0.802. The lowest BCUT2D eigenvalue weighted by molar-refractivity contribution is -0.137. The predicted octanol–water partition coefficient (Wildman–Crippen LogP) is 3.47. The van der Waals surface area contributed by atoms with Crippen molar-refractivity contribution in [3.8, 4) is 0 Å². The molecule has 162 valence electrons.